The van der Waals surface area contributed by atoms with Crippen molar-refractivity contribution in [1.29, 1.82) is 0 Å². The third-order valence-electron chi connectivity index (χ3n) is 3.57. The lowest BCUT2D eigenvalue weighted by molar-refractivity contribution is 0.204. The van der Waals surface area contributed by atoms with Gasteiger partial charge >= 0.3 is 0 Å². The fourth-order valence-electron chi connectivity index (χ4n) is 2.70. The van der Waals surface area contributed by atoms with Gasteiger partial charge in [0.15, 0.2) is 0 Å². The van der Waals surface area contributed by atoms with Gasteiger partial charge in [-0.15, -0.1) is 0 Å². The first kappa shape index (κ1) is 15.9. The van der Waals surface area contributed by atoms with Crippen LogP contribution in [0, 0.1) is 0 Å². The van der Waals surface area contributed by atoms with Crippen molar-refractivity contribution >= 4 is 10.0 Å². The van der Waals surface area contributed by atoms with Gasteiger partial charge in [-0.3, -0.25) is 0 Å². The number of nitrogens with zero attached hydrogens (tertiary/aromatic N) is 1. The van der Waals surface area contributed by atoms with E-state index in [9.17, 15) is 8.42 Å². The molecule has 18 heavy (non-hydrogen) atoms. The number of nitrogens with one attached hydrogen (secondary N) is 1. The molecule has 0 radical (unpaired) electrons. The Morgan fingerprint density at radius 3 is 2.28 bits per heavy atom. The van der Waals surface area contributed by atoms with E-state index in [-0.39, 0.29) is 17.8 Å². The highest BCUT2D eigenvalue weighted by Crippen LogP contribution is 2.26. The van der Waals surface area contributed by atoms with Crippen molar-refractivity contribution in [1.82, 2.24) is 9.62 Å². The van der Waals surface area contributed by atoms with E-state index in [0.717, 1.165) is 25.8 Å². The van der Waals surface area contributed by atoms with Gasteiger partial charge in [-0.05, 0) is 39.7 Å². The Morgan fingerprint density at radius 1 is 1.22 bits per heavy atom. The minimum absolute atomic E-state index is 0.164. The Morgan fingerprint density at radius 2 is 1.78 bits per heavy atom. The summed E-state index contributed by atoms with van der Waals surface area (Å²) in [7, 11) is -3.09. The molecule has 0 bridgehead atoms. The molecule has 2 atom stereocenters. The maximum absolute atomic E-state index is 12.3. The molecule has 1 N–H and O–H groups in total. The fraction of sp³-hybridized carbons (Fsp3) is 1.00. The third kappa shape index (κ3) is 4.52. The van der Waals surface area contributed by atoms with Crippen molar-refractivity contribution in [2.75, 3.05) is 12.3 Å². The molecule has 1 rings (SSSR count). The first-order valence-electron chi connectivity index (χ1n) is 7.09. The van der Waals surface area contributed by atoms with Crippen LogP contribution in [0.3, 0.4) is 0 Å². The summed E-state index contributed by atoms with van der Waals surface area (Å²) < 4.78 is 26.4. The Labute approximate surface area is 112 Å². The predicted octanol–water partition coefficient (Wildman–Crippen LogP) is 1.97. The standard InChI is InChI=1S/C13H28N2O2S/c1-11(2)14-9-6-10-18(16,17)15-12(3)7-5-8-13(15)4/h11-14H,5-10H2,1-4H3. The molecule has 0 saturated carbocycles. The molecule has 0 aliphatic carbocycles. The van der Waals surface area contributed by atoms with E-state index in [0.29, 0.717) is 12.5 Å². The van der Waals surface area contributed by atoms with Crippen molar-refractivity contribution in [3.05, 3.63) is 0 Å². The van der Waals surface area contributed by atoms with Gasteiger partial charge < -0.3 is 5.32 Å². The van der Waals surface area contributed by atoms with Gasteiger partial charge in [0, 0.05) is 18.1 Å². The van der Waals surface area contributed by atoms with Gasteiger partial charge in [-0.2, -0.15) is 4.31 Å². The quantitative estimate of drug-likeness (QED) is 0.755. The van der Waals surface area contributed by atoms with Crippen LogP contribution in [0.15, 0.2) is 0 Å². The van der Waals surface area contributed by atoms with E-state index in [2.05, 4.69) is 19.2 Å². The Balaban J connectivity index is 2.51. The van der Waals surface area contributed by atoms with Crippen molar-refractivity contribution in [2.24, 2.45) is 0 Å². The SMILES string of the molecule is CC(C)NCCCS(=O)(=O)N1C(C)CCCC1C. The molecule has 0 aromatic heterocycles. The van der Waals surface area contributed by atoms with Gasteiger partial charge in [0.05, 0.1) is 5.75 Å². The zero-order valence-corrected chi connectivity index (χ0v) is 13.0. The first-order valence-corrected chi connectivity index (χ1v) is 8.70. The van der Waals surface area contributed by atoms with Crippen molar-refractivity contribution in [3.63, 3.8) is 0 Å². The van der Waals surface area contributed by atoms with Crippen LogP contribution in [0.25, 0.3) is 0 Å². The first-order chi connectivity index (χ1) is 8.34. The number of hydrogen-bond acceptors (Lipinski definition) is 3. The summed E-state index contributed by atoms with van der Waals surface area (Å²) in [6.45, 7) is 8.97. The summed E-state index contributed by atoms with van der Waals surface area (Å²) in [6.07, 6.45) is 3.82. The van der Waals surface area contributed by atoms with Crippen LogP contribution in [-0.2, 0) is 10.0 Å². The highest BCUT2D eigenvalue weighted by Gasteiger charge is 2.33. The Kier molecular flexibility index (Phi) is 6.08. The molecule has 5 heteroatoms. The van der Waals surface area contributed by atoms with Gasteiger partial charge in [0.25, 0.3) is 0 Å². The normalized spacial score (nSPS) is 26.7. The van der Waals surface area contributed by atoms with Crippen LogP contribution in [0.4, 0.5) is 0 Å². The van der Waals surface area contributed by atoms with Crippen LogP contribution >= 0.6 is 0 Å². The largest absolute Gasteiger partial charge is 0.314 e. The van der Waals surface area contributed by atoms with Crippen LogP contribution < -0.4 is 5.32 Å². The molecular formula is C13H28N2O2S. The van der Waals surface area contributed by atoms with Gasteiger partial charge in [0.2, 0.25) is 10.0 Å². The van der Waals surface area contributed by atoms with Crippen LogP contribution in [0.5, 0.6) is 0 Å². The van der Waals surface area contributed by atoms with E-state index in [4.69, 9.17) is 0 Å². The second-order valence-electron chi connectivity index (χ2n) is 5.74. The van der Waals surface area contributed by atoms with E-state index >= 15 is 0 Å². The summed E-state index contributed by atoms with van der Waals surface area (Å²) in [6, 6.07) is 0.745. The van der Waals surface area contributed by atoms with Gasteiger partial charge in [0.1, 0.15) is 0 Å². The zero-order chi connectivity index (χ0) is 13.8. The van der Waals surface area contributed by atoms with Gasteiger partial charge in [-0.1, -0.05) is 20.3 Å². The lowest BCUT2D eigenvalue weighted by Gasteiger charge is -2.37. The highest BCUT2D eigenvalue weighted by molar-refractivity contribution is 7.89. The molecule has 1 aliphatic heterocycles. The number of piperidine rings is 1. The van der Waals surface area contributed by atoms with E-state index in [1.807, 2.05) is 13.8 Å². The summed E-state index contributed by atoms with van der Waals surface area (Å²) in [5, 5.41) is 3.26. The maximum atomic E-state index is 12.3. The summed E-state index contributed by atoms with van der Waals surface area (Å²) in [5.74, 6) is 0.265. The topological polar surface area (TPSA) is 49.4 Å². The average molecular weight is 276 g/mol. The van der Waals surface area contributed by atoms with Crippen molar-refractivity contribution < 1.29 is 8.42 Å². The lowest BCUT2D eigenvalue weighted by Crippen LogP contribution is -2.48. The molecule has 0 amide bonds. The minimum Gasteiger partial charge on any atom is -0.314 e. The molecule has 1 aliphatic rings. The number of hydrogen-bond donors (Lipinski definition) is 1. The Hall–Kier alpha value is -0.130. The second kappa shape index (κ2) is 6.87. The zero-order valence-electron chi connectivity index (χ0n) is 12.1. The molecule has 2 unspecified atom stereocenters. The molecule has 108 valence electrons. The van der Waals surface area contributed by atoms with Crippen LogP contribution in [-0.4, -0.2) is 43.1 Å². The second-order valence-corrected chi connectivity index (χ2v) is 7.73. The minimum atomic E-state index is -3.09. The molecule has 1 heterocycles. The molecule has 0 spiro atoms. The summed E-state index contributed by atoms with van der Waals surface area (Å²) in [5.41, 5.74) is 0. The smallest absolute Gasteiger partial charge is 0.214 e. The maximum Gasteiger partial charge on any atom is 0.214 e. The highest BCUT2D eigenvalue weighted by atomic mass is 32.2. The number of rotatable bonds is 6. The van der Waals surface area contributed by atoms with E-state index in [1.165, 1.54) is 0 Å². The molecule has 4 nitrogen and oxygen atoms in total. The monoisotopic (exact) mass is 276 g/mol. The Bertz CT molecular complexity index is 331. The van der Waals surface area contributed by atoms with E-state index in [1.54, 1.807) is 4.31 Å². The van der Waals surface area contributed by atoms with Crippen molar-refractivity contribution in [2.45, 2.75) is 71.5 Å². The van der Waals surface area contributed by atoms with Crippen LogP contribution in [0.1, 0.15) is 53.4 Å². The third-order valence-corrected chi connectivity index (χ3v) is 5.73. The van der Waals surface area contributed by atoms with E-state index < -0.39 is 10.0 Å². The molecular weight excluding hydrogens is 248 g/mol. The molecule has 0 aromatic rings. The average Bonchev–Trinajstić information content (AvgIpc) is 2.23. The fourth-order valence-corrected chi connectivity index (χ4v) is 4.72. The summed E-state index contributed by atoms with van der Waals surface area (Å²) in [4.78, 5) is 0. The van der Waals surface area contributed by atoms with Crippen molar-refractivity contribution in [3.8, 4) is 0 Å². The predicted molar refractivity (Wildman–Crippen MR) is 76.2 cm³/mol. The molecule has 0 aromatic carbocycles. The molecule has 1 fully saturated rings. The van der Waals surface area contributed by atoms with Gasteiger partial charge in [-0.25, -0.2) is 8.42 Å². The summed E-state index contributed by atoms with van der Waals surface area (Å²) >= 11 is 0. The van der Waals surface area contributed by atoms with Crippen LogP contribution in [0.2, 0.25) is 0 Å². The molecule has 1 saturated heterocycles. The lowest BCUT2D eigenvalue weighted by atomic mass is 10.0. The number of sulfonamides is 1.